The number of benzene rings is 1. The Morgan fingerprint density at radius 3 is 2.86 bits per heavy atom. The zero-order valence-electron chi connectivity index (χ0n) is 16.0. The van der Waals surface area contributed by atoms with Gasteiger partial charge in [-0.3, -0.25) is 18.9 Å². The van der Waals surface area contributed by atoms with E-state index in [1.165, 1.54) is 12.5 Å². The van der Waals surface area contributed by atoms with Gasteiger partial charge in [-0.25, -0.2) is 9.78 Å². The third kappa shape index (κ3) is 3.87. The lowest BCUT2D eigenvalue weighted by Gasteiger charge is -2.22. The van der Waals surface area contributed by atoms with Gasteiger partial charge in [-0.2, -0.15) is 0 Å². The summed E-state index contributed by atoms with van der Waals surface area (Å²) < 4.78 is 8.96. The average molecular weight is 383 g/mol. The molecule has 28 heavy (non-hydrogen) atoms. The predicted molar refractivity (Wildman–Crippen MR) is 108 cm³/mol. The monoisotopic (exact) mass is 383 g/mol. The summed E-state index contributed by atoms with van der Waals surface area (Å²) in [6.45, 7) is 1.74. The van der Waals surface area contributed by atoms with Crippen LogP contribution in [0.2, 0.25) is 0 Å². The zero-order valence-corrected chi connectivity index (χ0v) is 16.0. The van der Waals surface area contributed by atoms with Crippen LogP contribution >= 0.6 is 0 Å². The number of ether oxygens (including phenoxy) is 1. The van der Waals surface area contributed by atoms with Crippen molar-refractivity contribution in [2.45, 2.75) is 38.3 Å². The number of nitrogens with one attached hydrogen (secondary N) is 2. The maximum Gasteiger partial charge on any atom is 0.329 e. The lowest BCUT2D eigenvalue weighted by molar-refractivity contribution is 0.0134. The first-order valence-corrected chi connectivity index (χ1v) is 9.72. The number of fused-ring (bicyclic) bond motifs is 1. The first-order valence-electron chi connectivity index (χ1n) is 9.72. The molecule has 0 radical (unpaired) electrons. The molecule has 1 atom stereocenters. The fourth-order valence-electron chi connectivity index (χ4n) is 3.74. The smallest absolute Gasteiger partial charge is 0.329 e. The number of aromatic amines is 1. The third-order valence-corrected chi connectivity index (χ3v) is 5.20. The molecular formula is C20H25N5O3. The second-order valence-corrected chi connectivity index (χ2v) is 7.21. The van der Waals surface area contributed by atoms with Crippen LogP contribution in [0.25, 0.3) is 11.0 Å². The van der Waals surface area contributed by atoms with Crippen LogP contribution in [-0.2, 0) is 18.3 Å². The highest BCUT2D eigenvalue weighted by atomic mass is 16.5. The van der Waals surface area contributed by atoms with E-state index < -0.39 is 0 Å². The van der Waals surface area contributed by atoms with E-state index in [2.05, 4.69) is 15.3 Å². The molecule has 0 aliphatic carbocycles. The standard InChI is InChI=1S/C20H25N5O3/c1-24-16-7-2-3-8-17(16)25(20(24)27)13-14-12-18(26)23-19(22-14)21-10-9-15-6-4-5-11-28-15/h2-3,7-8,12,15H,4-6,9-11,13H2,1H3,(H2,21,22,23,26). The Morgan fingerprint density at radius 2 is 2.07 bits per heavy atom. The van der Waals surface area contributed by atoms with Crippen molar-refractivity contribution in [1.82, 2.24) is 19.1 Å². The second-order valence-electron chi connectivity index (χ2n) is 7.21. The predicted octanol–water partition coefficient (Wildman–Crippen LogP) is 1.84. The molecule has 8 nitrogen and oxygen atoms in total. The number of anilines is 1. The number of H-pyrrole nitrogens is 1. The molecular weight excluding hydrogens is 358 g/mol. The van der Waals surface area contributed by atoms with Gasteiger partial charge in [0.2, 0.25) is 5.95 Å². The van der Waals surface area contributed by atoms with Crippen LogP contribution in [0.15, 0.2) is 39.9 Å². The quantitative estimate of drug-likeness (QED) is 0.677. The molecule has 4 rings (SSSR count). The number of hydrogen-bond donors (Lipinski definition) is 2. The van der Waals surface area contributed by atoms with Crippen molar-refractivity contribution >= 4 is 17.0 Å². The number of hydrogen-bond acceptors (Lipinski definition) is 5. The molecule has 0 bridgehead atoms. The third-order valence-electron chi connectivity index (χ3n) is 5.20. The minimum absolute atomic E-state index is 0.132. The van der Waals surface area contributed by atoms with Crippen LogP contribution in [0.5, 0.6) is 0 Å². The fraction of sp³-hybridized carbons (Fsp3) is 0.450. The highest BCUT2D eigenvalue weighted by Gasteiger charge is 2.14. The minimum atomic E-state index is -0.241. The Balaban J connectivity index is 1.51. The van der Waals surface area contributed by atoms with Crippen molar-refractivity contribution in [3.63, 3.8) is 0 Å². The summed E-state index contributed by atoms with van der Waals surface area (Å²) in [6, 6.07) is 9.02. The van der Waals surface area contributed by atoms with Gasteiger partial charge >= 0.3 is 5.69 Å². The minimum Gasteiger partial charge on any atom is -0.378 e. The number of para-hydroxylation sites is 2. The number of imidazole rings is 1. The van der Waals surface area contributed by atoms with Crippen molar-refractivity contribution in [2.75, 3.05) is 18.5 Å². The van der Waals surface area contributed by atoms with Crippen LogP contribution in [0, 0.1) is 0 Å². The lowest BCUT2D eigenvalue weighted by Crippen LogP contribution is -2.25. The van der Waals surface area contributed by atoms with E-state index in [0.717, 1.165) is 36.9 Å². The number of nitrogens with zero attached hydrogens (tertiary/aromatic N) is 3. The van der Waals surface area contributed by atoms with Gasteiger partial charge in [0.25, 0.3) is 5.56 Å². The molecule has 8 heteroatoms. The fourth-order valence-corrected chi connectivity index (χ4v) is 3.74. The molecule has 1 unspecified atom stereocenters. The number of rotatable bonds is 6. The van der Waals surface area contributed by atoms with Gasteiger partial charge < -0.3 is 10.1 Å². The van der Waals surface area contributed by atoms with Crippen LogP contribution in [0.4, 0.5) is 5.95 Å². The average Bonchev–Trinajstić information content (AvgIpc) is 2.94. The maximum absolute atomic E-state index is 12.6. The van der Waals surface area contributed by atoms with Crippen molar-refractivity contribution in [2.24, 2.45) is 7.05 Å². The van der Waals surface area contributed by atoms with E-state index in [1.807, 2.05) is 24.3 Å². The van der Waals surface area contributed by atoms with E-state index in [4.69, 9.17) is 4.74 Å². The van der Waals surface area contributed by atoms with Crippen molar-refractivity contribution < 1.29 is 4.74 Å². The largest absolute Gasteiger partial charge is 0.378 e. The van der Waals surface area contributed by atoms with E-state index >= 15 is 0 Å². The first-order chi connectivity index (χ1) is 13.6. The molecule has 1 aliphatic rings. The molecule has 3 aromatic rings. The first kappa shape index (κ1) is 18.5. The van der Waals surface area contributed by atoms with Crippen LogP contribution in [0.1, 0.15) is 31.4 Å². The maximum atomic E-state index is 12.6. The summed E-state index contributed by atoms with van der Waals surface area (Å²) in [5, 5.41) is 3.18. The number of aryl methyl sites for hydroxylation is 1. The second kappa shape index (κ2) is 8.02. The van der Waals surface area contributed by atoms with Gasteiger partial charge in [0, 0.05) is 26.3 Å². The molecule has 2 N–H and O–H groups in total. The van der Waals surface area contributed by atoms with Crippen molar-refractivity contribution in [1.29, 1.82) is 0 Å². The Bertz CT molecular complexity index is 1080. The van der Waals surface area contributed by atoms with Gasteiger partial charge in [0.15, 0.2) is 0 Å². The van der Waals surface area contributed by atoms with Crippen LogP contribution in [-0.4, -0.2) is 38.4 Å². The molecule has 0 saturated carbocycles. The summed E-state index contributed by atoms with van der Waals surface area (Å²) in [4.78, 5) is 31.9. The van der Waals surface area contributed by atoms with E-state index in [0.29, 0.717) is 18.2 Å². The summed E-state index contributed by atoms with van der Waals surface area (Å²) in [5.74, 6) is 0.423. The Hall–Kier alpha value is -2.87. The van der Waals surface area contributed by atoms with E-state index in [-0.39, 0.29) is 23.9 Å². The Morgan fingerprint density at radius 1 is 1.25 bits per heavy atom. The van der Waals surface area contributed by atoms with E-state index in [9.17, 15) is 9.59 Å². The molecule has 1 aliphatic heterocycles. The van der Waals surface area contributed by atoms with Gasteiger partial charge in [-0.05, 0) is 37.8 Å². The molecule has 3 heterocycles. The highest BCUT2D eigenvalue weighted by molar-refractivity contribution is 5.75. The molecule has 148 valence electrons. The normalized spacial score (nSPS) is 17.1. The van der Waals surface area contributed by atoms with Crippen LogP contribution in [0.3, 0.4) is 0 Å². The lowest BCUT2D eigenvalue weighted by atomic mass is 10.1. The SMILES string of the molecule is Cn1c(=O)n(Cc2cc(=O)[nH]c(NCCC3CCCCO3)n2)c2ccccc21. The van der Waals surface area contributed by atoms with Gasteiger partial charge in [-0.1, -0.05) is 12.1 Å². The zero-order chi connectivity index (χ0) is 19.5. The van der Waals surface area contributed by atoms with Crippen molar-refractivity contribution in [3.8, 4) is 0 Å². The molecule has 0 spiro atoms. The topological polar surface area (TPSA) is 93.9 Å². The summed E-state index contributed by atoms with van der Waals surface area (Å²) in [6.07, 6.45) is 4.56. The summed E-state index contributed by atoms with van der Waals surface area (Å²) >= 11 is 0. The van der Waals surface area contributed by atoms with E-state index in [1.54, 1.807) is 16.2 Å². The van der Waals surface area contributed by atoms with Crippen LogP contribution < -0.4 is 16.6 Å². The van der Waals surface area contributed by atoms with Gasteiger partial charge in [0.1, 0.15) is 0 Å². The van der Waals surface area contributed by atoms with Gasteiger partial charge in [0.05, 0.1) is 29.4 Å². The van der Waals surface area contributed by atoms with Crippen molar-refractivity contribution in [3.05, 3.63) is 56.9 Å². The summed E-state index contributed by atoms with van der Waals surface area (Å²) in [5.41, 5.74) is 1.84. The Labute approximate surface area is 162 Å². The number of aromatic nitrogens is 4. The molecule has 2 aromatic heterocycles. The molecule has 0 amide bonds. The molecule has 1 aromatic carbocycles. The molecule has 1 saturated heterocycles. The van der Waals surface area contributed by atoms with Gasteiger partial charge in [-0.15, -0.1) is 0 Å². The highest BCUT2D eigenvalue weighted by Crippen LogP contribution is 2.16. The Kier molecular flexibility index (Phi) is 5.29. The molecule has 1 fully saturated rings. The summed E-state index contributed by atoms with van der Waals surface area (Å²) in [7, 11) is 1.74.